The molecule has 1 heterocycles. The van der Waals surface area contributed by atoms with Gasteiger partial charge < -0.3 is 9.47 Å². The predicted molar refractivity (Wildman–Crippen MR) is 86.3 cm³/mol. The van der Waals surface area contributed by atoms with Crippen molar-refractivity contribution >= 4 is 17.5 Å². The fourth-order valence-electron chi connectivity index (χ4n) is 3.08. The van der Waals surface area contributed by atoms with Gasteiger partial charge in [0.25, 0.3) is 0 Å². The van der Waals surface area contributed by atoms with E-state index in [1.807, 2.05) is 32.1 Å². The Morgan fingerprint density at radius 2 is 1.87 bits per heavy atom. The maximum Gasteiger partial charge on any atom is 0.323 e. The van der Waals surface area contributed by atoms with E-state index in [9.17, 15) is 9.59 Å². The Balaban J connectivity index is 2.56. The second-order valence-corrected chi connectivity index (χ2v) is 5.58. The predicted octanol–water partition coefficient (Wildman–Crippen LogP) is 2.93. The minimum atomic E-state index is -1.30. The molecule has 23 heavy (non-hydrogen) atoms. The van der Waals surface area contributed by atoms with E-state index in [-0.39, 0.29) is 12.8 Å². The van der Waals surface area contributed by atoms with Crippen LogP contribution in [0.5, 0.6) is 0 Å². The summed E-state index contributed by atoms with van der Waals surface area (Å²) in [7, 11) is 2.58. The highest BCUT2D eigenvalue weighted by molar-refractivity contribution is 6.02. The Morgan fingerprint density at radius 1 is 1.22 bits per heavy atom. The molecule has 5 heteroatoms. The zero-order valence-corrected chi connectivity index (χ0v) is 13.9. The molecule has 1 aliphatic rings. The van der Waals surface area contributed by atoms with Crippen LogP contribution >= 0.6 is 0 Å². The quantitative estimate of drug-likeness (QED) is 0.634. The molecule has 0 aromatic carbocycles. The lowest BCUT2D eigenvalue weighted by Crippen LogP contribution is -2.38. The van der Waals surface area contributed by atoms with E-state index in [0.717, 1.165) is 22.3 Å². The van der Waals surface area contributed by atoms with E-state index in [1.165, 1.54) is 14.2 Å². The fraction of sp³-hybridized carbons (Fsp3) is 0.389. The lowest BCUT2D eigenvalue weighted by molar-refractivity contribution is -0.168. The van der Waals surface area contributed by atoms with E-state index in [4.69, 9.17) is 9.47 Å². The fourth-order valence-corrected chi connectivity index (χ4v) is 3.08. The van der Waals surface area contributed by atoms with Gasteiger partial charge in [-0.1, -0.05) is 12.1 Å². The summed E-state index contributed by atoms with van der Waals surface area (Å²) >= 11 is 0. The second-order valence-electron chi connectivity index (χ2n) is 5.58. The largest absolute Gasteiger partial charge is 0.468 e. The van der Waals surface area contributed by atoms with Crippen LogP contribution in [0.1, 0.15) is 32.3 Å². The van der Waals surface area contributed by atoms with Crippen molar-refractivity contribution in [2.75, 3.05) is 14.2 Å². The zero-order valence-electron chi connectivity index (χ0n) is 13.9. The van der Waals surface area contributed by atoms with Crippen LogP contribution in [0.25, 0.3) is 5.57 Å². The van der Waals surface area contributed by atoms with Crippen LogP contribution in [0, 0.1) is 5.41 Å². The number of hydrogen-bond acceptors (Lipinski definition) is 5. The minimum Gasteiger partial charge on any atom is -0.468 e. The molecule has 0 unspecified atom stereocenters. The molecule has 1 aromatic rings. The van der Waals surface area contributed by atoms with Crippen molar-refractivity contribution in [1.29, 1.82) is 0 Å². The minimum absolute atomic E-state index is 0.271. The maximum atomic E-state index is 12.3. The first-order valence-electron chi connectivity index (χ1n) is 7.42. The van der Waals surface area contributed by atoms with Crippen LogP contribution < -0.4 is 0 Å². The molecule has 1 aliphatic carbocycles. The van der Waals surface area contributed by atoms with Crippen molar-refractivity contribution in [3.8, 4) is 0 Å². The molecule has 0 bridgehead atoms. The molecule has 0 atom stereocenters. The van der Waals surface area contributed by atoms with Gasteiger partial charge in [-0.15, -0.1) is 0 Å². The van der Waals surface area contributed by atoms with Crippen LogP contribution in [-0.4, -0.2) is 31.1 Å². The topological polar surface area (TPSA) is 65.5 Å². The summed E-state index contributed by atoms with van der Waals surface area (Å²) < 4.78 is 9.77. The molecule has 0 spiro atoms. The second kappa shape index (κ2) is 6.77. The average molecular weight is 315 g/mol. The monoisotopic (exact) mass is 315 g/mol. The van der Waals surface area contributed by atoms with E-state index in [0.29, 0.717) is 0 Å². The number of pyridine rings is 1. The number of methoxy groups -OCH3 is 2. The van der Waals surface area contributed by atoms with Crippen LogP contribution in [0.4, 0.5) is 0 Å². The first-order chi connectivity index (χ1) is 11.0. The number of nitrogens with zero attached hydrogens (tertiary/aromatic N) is 1. The summed E-state index contributed by atoms with van der Waals surface area (Å²) in [5.74, 6) is -1.12. The van der Waals surface area contributed by atoms with Crippen LogP contribution in [0.2, 0.25) is 0 Å². The number of rotatable bonds is 3. The van der Waals surface area contributed by atoms with Gasteiger partial charge in [0.2, 0.25) is 0 Å². The highest BCUT2D eigenvalue weighted by atomic mass is 16.5. The Bertz CT molecular complexity index is 658. The van der Waals surface area contributed by atoms with Crippen molar-refractivity contribution < 1.29 is 19.1 Å². The molecule has 0 amide bonds. The van der Waals surface area contributed by atoms with Crippen molar-refractivity contribution in [2.45, 2.75) is 26.7 Å². The van der Waals surface area contributed by atoms with E-state index in [2.05, 4.69) is 4.98 Å². The van der Waals surface area contributed by atoms with Gasteiger partial charge in [0.05, 0.1) is 14.2 Å². The standard InChI is InChI=1S/C18H21NO4/c1-5-13-9-18(16(20)22-3,17(21)23-4)10-15(13)12(2)14-7-6-8-19-11-14/h5-8,11H,9-10H2,1-4H3/b13-5+,15-12-. The van der Waals surface area contributed by atoms with Crippen molar-refractivity contribution in [3.05, 3.63) is 47.3 Å². The Morgan fingerprint density at radius 3 is 2.35 bits per heavy atom. The Hall–Kier alpha value is -2.43. The smallest absolute Gasteiger partial charge is 0.323 e. The van der Waals surface area contributed by atoms with Gasteiger partial charge in [-0.25, -0.2) is 0 Å². The van der Waals surface area contributed by atoms with Gasteiger partial charge in [0.1, 0.15) is 0 Å². The SMILES string of the molecule is C/C=C1\CC(C(=O)OC)(C(=O)OC)C\C1=C(/C)c1cccnc1. The number of hydrogen-bond donors (Lipinski definition) is 0. The van der Waals surface area contributed by atoms with Crippen LogP contribution in [-0.2, 0) is 19.1 Å². The Labute approximate surface area is 136 Å². The third-order valence-electron chi connectivity index (χ3n) is 4.41. The van der Waals surface area contributed by atoms with Crippen molar-refractivity contribution in [2.24, 2.45) is 5.41 Å². The van der Waals surface area contributed by atoms with E-state index < -0.39 is 17.4 Å². The van der Waals surface area contributed by atoms with Gasteiger partial charge in [0, 0.05) is 18.8 Å². The van der Waals surface area contributed by atoms with Crippen molar-refractivity contribution in [1.82, 2.24) is 4.98 Å². The van der Waals surface area contributed by atoms with Crippen LogP contribution in [0.3, 0.4) is 0 Å². The number of carbonyl (C=O) groups excluding carboxylic acids is 2. The number of aromatic nitrogens is 1. The molecule has 1 saturated carbocycles. The average Bonchev–Trinajstić information content (AvgIpc) is 3.01. The summed E-state index contributed by atoms with van der Waals surface area (Å²) in [6.45, 7) is 3.87. The number of esters is 2. The zero-order chi connectivity index (χ0) is 17.0. The maximum absolute atomic E-state index is 12.3. The number of allylic oxidation sites excluding steroid dienone is 4. The number of ether oxygens (including phenoxy) is 2. The van der Waals surface area contributed by atoms with Gasteiger partial charge in [-0.2, -0.15) is 0 Å². The lowest BCUT2D eigenvalue weighted by Gasteiger charge is -2.22. The third kappa shape index (κ3) is 2.91. The molecule has 122 valence electrons. The molecule has 2 rings (SSSR count). The molecule has 0 radical (unpaired) electrons. The summed E-state index contributed by atoms with van der Waals surface area (Å²) in [5, 5.41) is 0. The lowest BCUT2D eigenvalue weighted by atomic mass is 9.85. The van der Waals surface area contributed by atoms with E-state index >= 15 is 0 Å². The van der Waals surface area contributed by atoms with Crippen molar-refractivity contribution in [3.63, 3.8) is 0 Å². The molecular weight excluding hydrogens is 294 g/mol. The molecular formula is C18H21NO4. The van der Waals surface area contributed by atoms with E-state index in [1.54, 1.807) is 12.4 Å². The molecule has 0 aliphatic heterocycles. The first kappa shape index (κ1) is 16.9. The summed E-state index contributed by atoms with van der Waals surface area (Å²) in [5.41, 5.74) is 2.59. The normalized spacial score (nSPS) is 20.3. The summed E-state index contributed by atoms with van der Waals surface area (Å²) in [6, 6.07) is 3.82. The van der Waals surface area contributed by atoms with Crippen LogP contribution in [0.15, 0.2) is 41.7 Å². The van der Waals surface area contributed by atoms with Gasteiger partial charge >= 0.3 is 11.9 Å². The van der Waals surface area contributed by atoms with Gasteiger partial charge in [0.15, 0.2) is 5.41 Å². The first-order valence-corrected chi connectivity index (χ1v) is 7.42. The Kier molecular flexibility index (Phi) is 4.98. The summed E-state index contributed by atoms with van der Waals surface area (Å²) in [4.78, 5) is 28.8. The van der Waals surface area contributed by atoms with Gasteiger partial charge in [-0.3, -0.25) is 14.6 Å². The highest BCUT2D eigenvalue weighted by Crippen LogP contribution is 2.49. The molecule has 1 aromatic heterocycles. The molecule has 1 fully saturated rings. The molecule has 0 N–H and O–H groups in total. The third-order valence-corrected chi connectivity index (χ3v) is 4.41. The summed E-state index contributed by atoms with van der Waals surface area (Å²) in [6.07, 6.45) is 5.97. The number of carbonyl (C=O) groups is 2. The highest BCUT2D eigenvalue weighted by Gasteiger charge is 2.54. The molecule has 5 nitrogen and oxygen atoms in total. The molecule has 0 saturated heterocycles. The van der Waals surface area contributed by atoms with Gasteiger partial charge in [-0.05, 0) is 48.6 Å².